The van der Waals surface area contributed by atoms with Crippen molar-refractivity contribution in [2.75, 3.05) is 0 Å². The summed E-state index contributed by atoms with van der Waals surface area (Å²) in [7, 11) is 0. The van der Waals surface area contributed by atoms with Crippen molar-refractivity contribution in [3.05, 3.63) is 37.3 Å². The predicted molar refractivity (Wildman–Crippen MR) is 69.9 cm³/mol. The van der Waals surface area contributed by atoms with Gasteiger partial charge in [0.05, 0.1) is 10.2 Å². The first-order valence-corrected chi connectivity index (χ1v) is 6.78. The van der Waals surface area contributed by atoms with Crippen LogP contribution in [0.4, 0.5) is 0 Å². The smallest absolute Gasteiger partial charge is 0.251 e. The Balaban J connectivity index is 2.10. The SMILES string of the molecule is O=c1cc(C2CC2)nc(-c2cc(Br)c(Br)o2)[nH]1. The molecule has 1 aliphatic carbocycles. The third-order valence-electron chi connectivity index (χ3n) is 2.64. The molecule has 1 N–H and O–H groups in total. The van der Waals surface area contributed by atoms with Crippen LogP contribution in [0.5, 0.6) is 0 Å². The number of nitrogens with one attached hydrogen (secondary N) is 1. The molecule has 0 unspecified atom stereocenters. The molecule has 2 aromatic heterocycles. The number of rotatable bonds is 2. The Labute approximate surface area is 114 Å². The van der Waals surface area contributed by atoms with Gasteiger partial charge in [-0.05, 0) is 44.7 Å². The monoisotopic (exact) mass is 358 g/mol. The zero-order valence-corrected chi connectivity index (χ0v) is 11.8. The molecule has 1 aliphatic rings. The van der Waals surface area contributed by atoms with E-state index >= 15 is 0 Å². The highest BCUT2D eigenvalue weighted by Crippen LogP contribution is 2.39. The Bertz CT molecular complexity index is 609. The van der Waals surface area contributed by atoms with Crippen LogP contribution in [-0.2, 0) is 0 Å². The Morgan fingerprint density at radius 1 is 1.35 bits per heavy atom. The van der Waals surface area contributed by atoms with Gasteiger partial charge < -0.3 is 9.40 Å². The van der Waals surface area contributed by atoms with E-state index in [0.717, 1.165) is 23.0 Å². The van der Waals surface area contributed by atoms with Crippen LogP contribution in [0.3, 0.4) is 0 Å². The van der Waals surface area contributed by atoms with Crippen molar-refractivity contribution in [3.63, 3.8) is 0 Å². The second kappa shape index (κ2) is 4.10. The van der Waals surface area contributed by atoms with Gasteiger partial charge in [-0.3, -0.25) is 4.79 Å². The van der Waals surface area contributed by atoms with Gasteiger partial charge in [0, 0.05) is 18.1 Å². The summed E-state index contributed by atoms with van der Waals surface area (Å²) >= 11 is 6.59. The molecule has 0 amide bonds. The topological polar surface area (TPSA) is 58.9 Å². The maximum absolute atomic E-state index is 11.5. The van der Waals surface area contributed by atoms with Gasteiger partial charge in [-0.1, -0.05) is 0 Å². The first-order valence-electron chi connectivity index (χ1n) is 5.20. The summed E-state index contributed by atoms with van der Waals surface area (Å²) in [5.74, 6) is 1.46. The first kappa shape index (κ1) is 11.2. The Hall–Kier alpha value is -0.880. The fraction of sp³-hybridized carbons (Fsp3) is 0.273. The van der Waals surface area contributed by atoms with Crippen LogP contribution >= 0.6 is 31.9 Å². The summed E-state index contributed by atoms with van der Waals surface area (Å²) in [6.07, 6.45) is 2.23. The number of aromatic amines is 1. The maximum atomic E-state index is 11.5. The molecule has 0 radical (unpaired) electrons. The fourth-order valence-corrected chi connectivity index (χ4v) is 2.22. The van der Waals surface area contributed by atoms with Gasteiger partial charge in [0.15, 0.2) is 16.3 Å². The molecule has 1 fully saturated rings. The van der Waals surface area contributed by atoms with E-state index in [2.05, 4.69) is 41.8 Å². The summed E-state index contributed by atoms with van der Waals surface area (Å²) < 4.78 is 6.84. The highest BCUT2D eigenvalue weighted by atomic mass is 79.9. The Morgan fingerprint density at radius 3 is 2.71 bits per heavy atom. The van der Waals surface area contributed by atoms with Crippen LogP contribution in [-0.4, -0.2) is 9.97 Å². The number of H-pyrrole nitrogens is 1. The maximum Gasteiger partial charge on any atom is 0.251 e. The van der Waals surface area contributed by atoms with Crippen molar-refractivity contribution < 1.29 is 4.42 Å². The lowest BCUT2D eigenvalue weighted by atomic mass is 10.3. The molecule has 0 aliphatic heterocycles. The molecule has 1 saturated carbocycles. The van der Waals surface area contributed by atoms with E-state index < -0.39 is 0 Å². The second-order valence-electron chi connectivity index (χ2n) is 4.03. The minimum atomic E-state index is -0.138. The lowest BCUT2D eigenvalue weighted by molar-refractivity contribution is 0.548. The predicted octanol–water partition coefficient (Wildman–Crippen LogP) is 3.43. The van der Waals surface area contributed by atoms with E-state index in [-0.39, 0.29) is 5.56 Å². The third kappa shape index (κ3) is 2.24. The van der Waals surface area contributed by atoms with Crippen LogP contribution < -0.4 is 5.56 Å². The summed E-state index contributed by atoms with van der Waals surface area (Å²) in [5.41, 5.74) is 0.716. The molecule has 88 valence electrons. The van der Waals surface area contributed by atoms with Gasteiger partial charge in [0.2, 0.25) is 0 Å². The number of halogens is 2. The molecule has 2 heterocycles. The lowest BCUT2D eigenvalue weighted by Gasteiger charge is -1.99. The molecule has 6 heteroatoms. The largest absolute Gasteiger partial charge is 0.445 e. The number of hydrogen-bond acceptors (Lipinski definition) is 3. The highest BCUT2D eigenvalue weighted by Gasteiger charge is 2.26. The minimum absolute atomic E-state index is 0.138. The highest BCUT2D eigenvalue weighted by molar-refractivity contribution is 9.13. The lowest BCUT2D eigenvalue weighted by Crippen LogP contribution is -2.09. The van der Waals surface area contributed by atoms with E-state index in [1.165, 1.54) is 0 Å². The van der Waals surface area contributed by atoms with E-state index in [1.54, 1.807) is 12.1 Å². The molecule has 17 heavy (non-hydrogen) atoms. The molecule has 3 rings (SSSR count). The summed E-state index contributed by atoms with van der Waals surface area (Å²) in [5, 5.41) is 0. The summed E-state index contributed by atoms with van der Waals surface area (Å²) in [6.45, 7) is 0. The van der Waals surface area contributed by atoms with Crippen molar-refractivity contribution in [2.45, 2.75) is 18.8 Å². The van der Waals surface area contributed by atoms with E-state index in [1.807, 2.05) is 0 Å². The molecule has 0 aromatic carbocycles. The van der Waals surface area contributed by atoms with Crippen LogP contribution in [0.1, 0.15) is 24.5 Å². The van der Waals surface area contributed by atoms with Gasteiger partial charge in [-0.25, -0.2) is 4.98 Å². The first-order chi connectivity index (χ1) is 8.13. The van der Waals surface area contributed by atoms with Crippen molar-refractivity contribution in [3.8, 4) is 11.6 Å². The van der Waals surface area contributed by atoms with Crippen molar-refractivity contribution in [1.29, 1.82) is 0 Å². The molecule has 4 nitrogen and oxygen atoms in total. The van der Waals surface area contributed by atoms with Crippen molar-refractivity contribution in [2.24, 2.45) is 0 Å². The third-order valence-corrected chi connectivity index (χ3v) is 4.35. The van der Waals surface area contributed by atoms with Gasteiger partial charge >= 0.3 is 0 Å². The van der Waals surface area contributed by atoms with Crippen LogP contribution in [0.15, 0.2) is 30.5 Å². The normalized spacial score (nSPS) is 15.2. The Morgan fingerprint density at radius 2 is 2.12 bits per heavy atom. The number of hydrogen-bond donors (Lipinski definition) is 1. The molecular formula is C11H8Br2N2O2. The fourth-order valence-electron chi connectivity index (χ4n) is 1.64. The molecule has 0 spiro atoms. The zero-order chi connectivity index (χ0) is 12.0. The average Bonchev–Trinajstić information content (AvgIpc) is 3.06. The summed E-state index contributed by atoms with van der Waals surface area (Å²) in [6, 6.07) is 3.34. The van der Waals surface area contributed by atoms with Crippen molar-refractivity contribution in [1.82, 2.24) is 9.97 Å². The van der Waals surface area contributed by atoms with Crippen LogP contribution in [0.2, 0.25) is 0 Å². The van der Waals surface area contributed by atoms with Crippen LogP contribution in [0.25, 0.3) is 11.6 Å². The van der Waals surface area contributed by atoms with Gasteiger partial charge in [-0.15, -0.1) is 0 Å². The van der Waals surface area contributed by atoms with Gasteiger partial charge in [0.25, 0.3) is 5.56 Å². The van der Waals surface area contributed by atoms with Crippen molar-refractivity contribution >= 4 is 31.9 Å². The van der Waals surface area contributed by atoms with E-state index in [9.17, 15) is 4.79 Å². The molecule has 0 saturated heterocycles. The molecule has 0 atom stereocenters. The Kier molecular flexibility index (Phi) is 2.71. The molecule has 0 bridgehead atoms. The average molecular weight is 360 g/mol. The molecule has 2 aromatic rings. The molecular weight excluding hydrogens is 352 g/mol. The number of aromatic nitrogens is 2. The summed E-state index contributed by atoms with van der Waals surface area (Å²) in [4.78, 5) is 18.7. The minimum Gasteiger partial charge on any atom is -0.445 e. The quantitative estimate of drug-likeness (QED) is 0.893. The van der Waals surface area contributed by atoms with Crippen LogP contribution in [0, 0.1) is 0 Å². The second-order valence-corrected chi connectivity index (χ2v) is 5.60. The van der Waals surface area contributed by atoms with E-state index in [4.69, 9.17) is 4.42 Å². The van der Waals surface area contributed by atoms with Gasteiger partial charge in [-0.2, -0.15) is 0 Å². The standard InChI is InChI=1S/C11H8Br2N2O2/c12-6-3-8(17-10(6)13)11-14-7(5-1-2-5)4-9(16)15-11/h3-5H,1-2H2,(H,14,15,16). The van der Waals surface area contributed by atoms with E-state index in [0.29, 0.717) is 22.2 Å². The van der Waals surface area contributed by atoms with Gasteiger partial charge in [0.1, 0.15) is 0 Å². The number of nitrogens with zero attached hydrogens (tertiary/aromatic N) is 1. The zero-order valence-electron chi connectivity index (χ0n) is 8.67. The number of furan rings is 1.